The van der Waals surface area contributed by atoms with Gasteiger partial charge in [-0.05, 0) is 30.2 Å². The first-order valence-electron chi connectivity index (χ1n) is 8.26. The van der Waals surface area contributed by atoms with Crippen LogP contribution < -0.4 is 10.6 Å². The number of amides is 2. The van der Waals surface area contributed by atoms with E-state index in [1.165, 1.54) is 12.1 Å². The summed E-state index contributed by atoms with van der Waals surface area (Å²) in [6, 6.07) is 8.80. The van der Waals surface area contributed by atoms with Crippen LogP contribution in [0.5, 0.6) is 0 Å². The molecule has 0 aliphatic heterocycles. The predicted octanol–water partition coefficient (Wildman–Crippen LogP) is 2.33. The molecular formula is C19H17F3N2O4. The molecule has 2 amide bonds. The number of hydrogen-bond donors (Lipinski definition) is 2. The summed E-state index contributed by atoms with van der Waals surface area (Å²) < 4.78 is 44.0. The normalized spacial score (nSPS) is 10.2. The summed E-state index contributed by atoms with van der Waals surface area (Å²) >= 11 is 0. The molecule has 0 aliphatic rings. The lowest BCUT2D eigenvalue weighted by Crippen LogP contribution is -2.35. The van der Waals surface area contributed by atoms with Crippen molar-refractivity contribution in [3.05, 3.63) is 65.5 Å². The highest BCUT2D eigenvalue weighted by atomic mass is 19.2. The van der Waals surface area contributed by atoms with Gasteiger partial charge in [0.05, 0.1) is 6.54 Å². The van der Waals surface area contributed by atoms with Gasteiger partial charge in [-0.15, -0.1) is 0 Å². The van der Waals surface area contributed by atoms with Crippen molar-refractivity contribution in [3.63, 3.8) is 0 Å². The SMILES string of the molecule is O=C(COC(=O)CCc1ccccc1F)NCC(=O)Nc1ccc(F)c(F)c1. The van der Waals surface area contributed by atoms with Crippen molar-refractivity contribution in [1.82, 2.24) is 5.32 Å². The van der Waals surface area contributed by atoms with E-state index in [2.05, 4.69) is 10.6 Å². The third-order valence-electron chi connectivity index (χ3n) is 3.57. The maximum absolute atomic E-state index is 13.4. The van der Waals surface area contributed by atoms with E-state index in [9.17, 15) is 27.6 Å². The monoisotopic (exact) mass is 394 g/mol. The largest absolute Gasteiger partial charge is 0.456 e. The molecule has 0 aromatic heterocycles. The molecule has 148 valence electrons. The molecule has 0 heterocycles. The fourth-order valence-electron chi connectivity index (χ4n) is 2.17. The lowest BCUT2D eigenvalue weighted by atomic mass is 10.1. The summed E-state index contributed by atoms with van der Waals surface area (Å²) in [5, 5.41) is 4.48. The van der Waals surface area contributed by atoms with Crippen LogP contribution in [0.1, 0.15) is 12.0 Å². The molecule has 0 atom stereocenters. The second kappa shape index (κ2) is 10.1. The first-order chi connectivity index (χ1) is 13.3. The molecule has 0 aliphatic carbocycles. The number of carbonyl (C=O) groups is 3. The Morgan fingerprint density at radius 3 is 2.36 bits per heavy atom. The van der Waals surface area contributed by atoms with Crippen LogP contribution in [0.4, 0.5) is 18.9 Å². The highest BCUT2D eigenvalue weighted by Crippen LogP contribution is 2.12. The number of ether oxygens (including phenoxy) is 1. The van der Waals surface area contributed by atoms with Gasteiger partial charge in [-0.2, -0.15) is 0 Å². The van der Waals surface area contributed by atoms with Crippen molar-refractivity contribution in [2.75, 3.05) is 18.5 Å². The van der Waals surface area contributed by atoms with Crippen LogP contribution in [-0.4, -0.2) is 30.9 Å². The van der Waals surface area contributed by atoms with Crippen LogP contribution in [0.15, 0.2) is 42.5 Å². The lowest BCUT2D eigenvalue weighted by Gasteiger charge is -2.08. The van der Waals surface area contributed by atoms with Crippen LogP contribution in [-0.2, 0) is 25.5 Å². The summed E-state index contributed by atoms with van der Waals surface area (Å²) in [7, 11) is 0. The molecule has 0 saturated heterocycles. The topological polar surface area (TPSA) is 84.5 Å². The highest BCUT2D eigenvalue weighted by molar-refractivity contribution is 5.94. The van der Waals surface area contributed by atoms with Crippen LogP contribution >= 0.6 is 0 Å². The summed E-state index contributed by atoms with van der Waals surface area (Å²) in [6.07, 6.45) is 0.0224. The van der Waals surface area contributed by atoms with E-state index in [-0.39, 0.29) is 18.5 Å². The molecule has 0 spiro atoms. The number of aryl methyl sites for hydroxylation is 1. The Hall–Kier alpha value is -3.36. The van der Waals surface area contributed by atoms with E-state index < -0.39 is 48.4 Å². The predicted molar refractivity (Wildman–Crippen MR) is 93.7 cm³/mol. The second-order valence-corrected chi connectivity index (χ2v) is 5.71. The molecule has 28 heavy (non-hydrogen) atoms. The minimum Gasteiger partial charge on any atom is -0.456 e. The van der Waals surface area contributed by atoms with Crippen molar-refractivity contribution in [2.45, 2.75) is 12.8 Å². The maximum Gasteiger partial charge on any atom is 0.306 e. The van der Waals surface area contributed by atoms with Gasteiger partial charge in [-0.1, -0.05) is 18.2 Å². The standard InChI is InChI=1S/C19H17F3N2O4/c20-14-4-2-1-3-12(14)5-8-19(27)28-11-18(26)23-10-17(25)24-13-6-7-15(21)16(22)9-13/h1-4,6-7,9H,5,8,10-11H2,(H,23,26)(H,24,25). The summed E-state index contributed by atoms with van der Waals surface area (Å²) in [5.41, 5.74) is 0.385. The van der Waals surface area contributed by atoms with E-state index in [0.717, 1.165) is 18.2 Å². The molecule has 0 radical (unpaired) electrons. The first-order valence-corrected chi connectivity index (χ1v) is 8.26. The Balaban J connectivity index is 1.66. The highest BCUT2D eigenvalue weighted by Gasteiger charge is 2.11. The smallest absolute Gasteiger partial charge is 0.306 e. The van der Waals surface area contributed by atoms with Crippen LogP contribution in [0.25, 0.3) is 0 Å². The second-order valence-electron chi connectivity index (χ2n) is 5.71. The number of anilines is 1. The number of carbonyl (C=O) groups excluding carboxylic acids is 3. The number of nitrogens with one attached hydrogen (secondary N) is 2. The molecule has 0 unspecified atom stereocenters. The molecule has 0 saturated carbocycles. The number of rotatable bonds is 8. The van der Waals surface area contributed by atoms with Gasteiger partial charge in [0.15, 0.2) is 18.2 Å². The molecule has 2 rings (SSSR count). The van der Waals surface area contributed by atoms with Crippen molar-refractivity contribution in [3.8, 4) is 0 Å². The summed E-state index contributed by atoms with van der Waals surface area (Å²) in [4.78, 5) is 34.9. The van der Waals surface area contributed by atoms with Gasteiger partial charge in [0, 0.05) is 18.2 Å². The van der Waals surface area contributed by atoms with Crippen LogP contribution in [0.3, 0.4) is 0 Å². The van der Waals surface area contributed by atoms with Gasteiger partial charge in [0.2, 0.25) is 5.91 Å². The molecule has 2 N–H and O–H groups in total. The van der Waals surface area contributed by atoms with E-state index in [4.69, 9.17) is 4.74 Å². The van der Waals surface area contributed by atoms with E-state index in [1.807, 2.05) is 0 Å². The molecular weight excluding hydrogens is 377 g/mol. The minimum atomic E-state index is -1.12. The van der Waals surface area contributed by atoms with Crippen LogP contribution in [0, 0.1) is 17.5 Å². The van der Waals surface area contributed by atoms with Crippen LogP contribution in [0.2, 0.25) is 0 Å². The van der Waals surface area contributed by atoms with Crippen molar-refractivity contribution < 1.29 is 32.3 Å². The Labute approximate surface area is 158 Å². The number of esters is 1. The molecule has 6 nitrogen and oxygen atoms in total. The van der Waals surface area contributed by atoms with E-state index >= 15 is 0 Å². The van der Waals surface area contributed by atoms with E-state index in [1.54, 1.807) is 12.1 Å². The molecule has 0 bridgehead atoms. The van der Waals surface area contributed by atoms with Gasteiger partial charge in [0.1, 0.15) is 5.82 Å². The maximum atomic E-state index is 13.4. The number of hydrogen-bond acceptors (Lipinski definition) is 4. The first kappa shape index (κ1) is 20.9. The summed E-state index contributed by atoms with van der Waals surface area (Å²) in [6.45, 7) is -1.06. The Morgan fingerprint density at radius 1 is 0.893 bits per heavy atom. The van der Waals surface area contributed by atoms with Gasteiger partial charge >= 0.3 is 5.97 Å². The van der Waals surface area contributed by atoms with E-state index in [0.29, 0.717) is 5.56 Å². The molecule has 0 fully saturated rings. The molecule has 2 aromatic rings. The average Bonchev–Trinajstić information content (AvgIpc) is 2.67. The van der Waals surface area contributed by atoms with Gasteiger partial charge < -0.3 is 15.4 Å². The zero-order valence-electron chi connectivity index (χ0n) is 14.6. The van der Waals surface area contributed by atoms with Gasteiger partial charge in [0.25, 0.3) is 5.91 Å². The summed E-state index contributed by atoms with van der Waals surface area (Å²) in [5.74, 6) is -4.69. The van der Waals surface area contributed by atoms with Gasteiger partial charge in [-0.25, -0.2) is 13.2 Å². The lowest BCUT2D eigenvalue weighted by molar-refractivity contribution is -0.148. The van der Waals surface area contributed by atoms with Gasteiger partial charge in [-0.3, -0.25) is 14.4 Å². The van der Waals surface area contributed by atoms with Crippen molar-refractivity contribution in [2.24, 2.45) is 0 Å². The Bertz CT molecular complexity index is 874. The van der Waals surface area contributed by atoms with Crippen molar-refractivity contribution >= 4 is 23.5 Å². The average molecular weight is 394 g/mol. The Morgan fingerprint density at radius 2 is 1.64 bits per heavy atom. The molecule has 9 heteroatoms. The third kappa shape index (κ3) is 6.75. The zero-order chi connectivity index (χ0) is 20.5. The fourth-order valence-corrected chi connectivity index (χ4v) is 2.17. The third-order valence-corrected chi connectivity index (χ3v) is 3.57. The zero-order valence-corrected chi connectivity index (χ0v) is 14.6. The van der Waals surface area contributed by atoms with Crippen molar-refractivity contribution in [1.29, 1.82) is 0 Å². The minimum absolute atomic E-state index is 0.0257. The number of benzene rings is 2. The number of halogens is 3. The molecule has 2 aromatic carbocycles. The quantitative estimate of drug-likeness (QED) is 0.673. The Kier molecular flexibility index (Phi) is 7.55. The fraction of sp³-hybridized carbons (Fsp3) is 0.211.